The molecule has 5 nitrogen and oxygen atoms in total. The number of hydrogen-bond donors (Lipinski definition) is 1. The first-order valence-corrected chi connectivity index (χ1v) is 8.07. The molecule has 0 aliphatic rings. The molecule has 1 amide bonds. The van der Waals surface area contributed by atoms with Crippen molar-refractivity contribution >= 4 is 17.7 Å². The smallest absolute Gasteiger partial charge is 0.266 e. The van der Waals surface area contributed by atoms with Crippen LogP contribution >= 0.6 is 0 Å². The zero-order chi connectivity index (χ0) is 18.9. The summed E-state index contributed by atoms with van der Waals surface area (Å²) in [5.74, 6) is -0.181. The number of halogens is 1. The second-order valence-corrected chi connectivity index (χ2v) is 5.36. The lowest BCUT2D eigenvalue weighted by Crippen LogP contribution is -2.14. The second kappa shape index (κ2) is 9.23. The molecule has 134 valence electrons. The van der Waals surface area contributed by atoms with Gasteiger partial charge in [-0.3, -0.25) is 4.79 Å². The van der Waals surface area contributed by atoms with Gasteiger partial charge in [-0.15, -0.1) is 0 Å². The number of methoxy groups -OCH3 is 1. The molecule has 6 heteroatoms. The van der Waals surface area contributed by atoms with E-state index in [1.54, 1.807) is 24.3 Å². The molecular formula is C20H19FN2O3. The Morgan fingerprint density at radius 2 is 2.04 bits per heavy atom. The molecule has 0 spiro atoms. The molecule has 2 aromatic rings. The highest BCUT2D eigenvalue weighted by Gasteiger charge is 2.12. The first-order valence-electron chi connectivity index (χ1n) is 8.07. The minimum absolute atomic E-state index is 0.0135. The van der Waals surface area contributed by atoms with Crippen LogP contribution in [0, 0.1) is 17.1 Å². The van der Waals surface area contributed by atoms with Gasteiger partial charge in [0.1, 0.15) is 17.5 Å². The molecule has 0 fully saturated rings. The summed E-state index contributed by atoms with van der Waals surface area (Å²) in [6.07, 6.45) is 2.27. The Balaban J connectivity index is 2.23. The van der Waals surface area contributed by atoms with Gasteiger partial charge in [0, 0.05) is 0 Å². The molecule has 0 heterocycles. The van der Waals surface area contributed by atoms with Crippen LogP contribution in [-0.2, 0) is 4.79 Å². The second-order valence-electron chi connectivity index (χ2n) is 5.36. The molecule has 0 aliphatic carbocycles. The van der Waals surface area contributed by atoms with Gasteiger partial charge in [-0.1, -0.05) is 25.1 Å². The molecule has 0 aliphatic heterocycles. The summed E-state index contributed by atoms with van der Waals surface area (Å²) >= 11 is 0. The number of carbonyl (C=O) groups is 1. The summed E-state index contributed by atoms with van der Waals surface area (Å²) in [5.41, 5.74) is 0.447. The Morgan fingerprint density at radius 3 is 2.69 bits per heavy atom. The molecule has 0 radical (unpaired) electrons. The summed E-state index contributed by atoms with van der Waals surface area (Å²) in [7, 11) is 1.51. The van der Waals surface area contributed by atoms with E-state index in [4.69, 9.17) is 9.47 Å². The van der Waals surface area contributed by atoms with Gasteiger partial charge in [-0.25, -0.2) is 4.39 Å². The maximum absolute atomic E-state index is 13.6. The number of ether oxygens (including phenoxy) is 2. The highest BCUT2D eigenvalue weighted by Crippen LogP contribution is 2.29. The molecule has 0 atom stereocenters. The number of hydrogen-bond acceptors (Lipinski definition) is 4. The first-order chi connectivity index (χ1) is 12.6. The SMILES string of the molecule is CCCOc1ccc(/C=C(\C#N)C(=O)Nc2ccccc2F)cc1OC. The van der Waals surface area contributed by atoms with E-state index in [0.29, 0.717) is 23.7 Å². The molecule has 26 heavy (non-hydrogen) atoms. The van der Waals surface area contributed by atoms with Crippen molar-refractivity contribution in [2.45, 2.75) is 13.3 Å². The van der Waals surface area contributed by atoms with Crippen molar-refractivity contribution in [3.63, 3.8) is 0 Å². The number of amides is 1. The monoisotopic (exact) mass is 354 g/mol. The fourth-order valence-corrected chi connectivity index (χ4v) is 2.17. The third-order valence-electron chi connectivity index (χ3n) is 3.45. The van der Waals surface area contributed by atoms with E-state index in [1.165, 1.54) is 31.4 Å². The molecule has 1 N–H and O–H groups in total. The van der Waals surface area contributed by atoms with Gasteiger partial charge in [0.25, 0.3) is 5.91 Å². The molecule has 0 unspecified atom stereocenters. The van der Waals surface area contributed by atoms with Crippen LogP contribution in [0.25, 0.3) is 6.08 Å². The fraction of sp³-hybridized carbons (Fsp3) is 0.200. The van der Waals surface area contributed by atoms with Crippen molar-refractivity contribution in [3.05, 3.63) is 59.4 Å². The number of benzene rings is 2. The lowest BCUT2D eigenvalue weighted by Gasteiger charge is -2.10. The van der Waals surface area contributed by atoms with Crippen LogP contribution in [0.15, 0.2) is 48.0 Å². The van der Waals surface area contributed by atoms with Gasteiger partial charge in [-0.2, -0.15) is 5.26 Å². The Morgan fingerprint density at radius 1 is 1.27 bits per heavy atom. The number of para-hydroxylation sites is 1. The number of nitrogens with zero attached hydrogens (tertiary/aromatic N) is 1. The molecule has 0 saturated heterocycles. The van der Waals surface area contributed by atoms with Crippen LogP contribution < -0.4 is 14.8 Å². The summed E-state index contributed by atoms with van der Waals surface area (Å²) in [6, 6.07) is 12.7. The quantitative estimate of drug-likeness (QED) is 0.598. The normalized spacial score (nSPS) is 10.8. The third kappa shape index (κ3) is 4.84. The third-order valence-corrected chi connectivity index (χ3v) is 3.45. The van der Waals surface area contributed by atoms with E-state index in [9.17, 15) is 14.4 Å². The summed E-state index contributed by atoms with van der Waals surface area (Å²) in [6.45, 7) is 2.55. The van der Waals surface area contributed by atoms with Crippen molar-refractivity contribution in [2.24, 2.45) is 0 Å². The first kappa shape index (κ1) is 19.0. The maximum atomic E-state index is 13.6. The Labute approximate surface area is 151 Å². The van der Waals surface area contributed by atoms with E-state index in [0.717, 1.165) is 6.42 Å². The molecular weight excluding hydrogens is 335 g/mol. The van der Waals surface area contributed by atoms with Crippen LogP contribution in [0.5, 0.6) is 11.5 Å². The van der Waals surface area contributed by atoms with E-state index in [1.807, 2.05) is 13.0 Å². The van der Waals surface area contributed by atoms with Gasteiger partial charge < -0.3 is 14.8 Å². The largest absolute Gasteiger partial charge is 0.493 e. The van der Waals surface area contributed by atoms with E-state index < -0.39 is 11.7 Å². The predicted molar refractivity (Wildman–Crippen MR) is 97.4 cm³/mol. The maximum Gasteiger partial charge on any atom is 0.266 e. The van der Waals surface area contributed by atoms with Gasteiger partial charge in [-0.05, 0) is 42.3 Å². The van der Waals surface area contributed by atoms with E-state index >= 15 is 0 Å². The summed E-state index contributed by atoms with van der Waals surface area (Å²) < 4.78 is 24.5. The average molecular weight is 354 g/mol. The van der Waals surface area contributed by atoms with Gasteiger partial charge in [0.05, 0.1) is 19.4 Å². The zero-order valence-corrected chi connectivity index (χ0v) is 14.6. The molecule has 0 bridgehead atoms. The number of anilines is 1. The van der Waals surface area contributed by atoms with Crippen LogP contribution in [0.4, 0.5) is 10.1 Å². The zero-order valence-electron chi connectivity index (χ0n) is 14.6. The van der Waals surface area contributed by atoms with Crippen molar-refractivity contribution in [2.75, 3.05) is 19.0 Å². The van der Waals surface area contributed by atoms with Crippen LogP contribution in [0.3, 0.4) is 0 Å². The van der Waals surface area contributed by atoms with Gasteiger partial charge >= 0.3 is 0 Å². The van der Waals surface area contributed by atoms with Crippen molar-refractivity contribution in [1.82, 2.24) is 0 Å². The standard InChI is InChI=1S/C20H19FN2O3/c1-3-10-26-18-9-8-14(12-19(18)25-2)11-15(13-22)20(24)23-17-7-5-4-6-16(17)21/h4-9,11-12H,3,10H2,1-2H3,(H,23,24)/b15-11+. The molecule has 2 aromatic carbocycles. The predicted octanol–water partition coefficient (Wildman–Crippen LogP) is 4.17. The van der Waals surface area contributed by atoms with Crippen molar-refractivity contribution in [1.29, 1.82) is 5.26 Å². The van der Waals surface area contributed by atoms with Crippen LogP contribution in [-0.4, -0.2) is 19.6 Å². The minimum Gasteiger partial charge on any atom is -0.493 e. The van der Waals surface area contributed by atoms with Gasteiger partial charge in [0.2, 0.25) is 0 Å². The van der Waals surface area contributed by atoms with Crippen molar-refractivity contribution in [3.8, 4) is 17.6 Å². The Bertz CT molecular complexity index is 856. The number of nitrogens with one attached hydrogen (secondary N) is 1. The fourth-order valence-electron chi connectivity index (χ4n) is 2.17. The van der Waals surface area contributed by atoms with Crippen molar-refractivity contribution < 1.29 is 18.7 Å². The lowest BCUT2D eigenvalue weighted by molar-refractivity contribution is -0.112. The summed E-state index contributed by atoms with van der Waals surface area (Å²) in [4.78, 5) is 12.2. The van der Waals surface area contributed by atoms with E-state index in [-0.39, 0.29) is 11.3 Å². The highest BCUT2D eigenvalue weighted by atomic mass is 19.1. The van der Waals surface area contributed by atoms with E-state index in [2.05, 4.69) is 5.32 Å². The number of carbonyl (C=O) groups excluding carboxylic acids is 1. The number of rotatable bonds is 7. The molecule has 2 rings (SSSR count). The van der Waals surface area contributed by atoms with Gasteiger partial charge in [0.15, 0.2) is 11.5 Å². The van der Waals surface area contributed by atoms with Crippen LogP contribution in [0.2, 0.25) is 0 Å². The molecule has 0 saturated carbocycles. The Hall–Kier alpha value is -3.33. The highest BCUT2D eigenvalue weighted by molar-refractivity contribution is 6.09. The van der Waals surface area contributed by atoms with Crippen LogP contribution in [0.1, 0.15) is 18.9 Å². The lowest BCUT2D eigenvalue weighted by atomic mass is 10.1. The minimum atomic E-state index is -0.692. The topological polar surface area (TPSA) is 71.3 Å². The number of nitriles is 1. The Kier molecular flexibility index (Phi) is 6.75. The average Bonchev–Trinajstić information content (AvgIpc) is 2.66. The molecule has 0 aromatic heterocycles. The summed E-state index contributed by atoms with van der Waals surface area (Å²) in [5, 5.41) is 11.7.